The van der Waals surface area contributed by atoms with Crippen LogP contribution in [0.1, 0.15) is 17.3 Å². The van der Waals surface area contributed by atoms with E-state index in [-0.39, 0.29) is 16.4 Å². The lowest BCUT2D eigenvalue weighted by Crippen LogP contribution is -2.18. The van der Waals surface area contributed by atoms with E-state index >= 15 is 0 Å². The van der Waals surface area contributed by atoms with Gasteiger partial charge in [0.25, 0.3) is 0 Å². The van der Waals surface area contributed by atoms with E-state index in [2.05, 4.69) is 5.32 Å². The number of anilines is 1. The Hall–Kier alpha value is -1.64. The predicted molar refractivity (Wildman–Crippen MR) is 74.3 cm³/mol. The lowest BCUT2D eigenvalue weighted by Gasteiger charge is -2.14. The minimum absolute atomic E-state index is 0.138. The van der Waals surface area contributed by atoms with Gasteiger partial charge in [-0.15, -0.1) is 0 Å². The fourth-order valence-electron chi connectivity index (χ4n) is 1.66. The van der Waals surface area contributed by atoms with Crippen LogP contribution in [-0.2, 0) is 14.8 Å². The number of carbonyl (C=O) groups is 1. The number of methoxy groups -OCH3 is 1. The molecular formula is C12H18N2O5S. The van der Waals surface area contributed by atoms with Gasteiger partial charge in [-0.25, -0.2) is 18.4 Å². The van der Waals surface area contributed by atoms with Crippen LogP contribution in [0.2, 0.25) is 0 Å². The second-order valence-electron chi connectivity index (χ2n) is 4.50. The summed E-state index contributed by atoms with van der Waals surface area (Å²) in [4.78, 5) is 10.9. The Morgan fingerprint density at radius 2 is 2.15 bits per heavy atom. The number of nitrogens with one attached hydrogen (secondary N) is 1. The lowest BCUT2D eigenvalue weighted by molar-refractivity contribution is 0.0697. The van der Waals surface area contributed by atoms with Crippen LogP contribution in [0.25, 0.3) is 0 Å². The van der Waals surface area contributed by atoms with E-state index in [0.29, 0.717) is 18.8 Å². The molecule has 0 spiro atoms. The normalized spacial score (nSPS) is 12.9. The largest absolute Gasteiger partial charge is 0.478 e. The van der Waals surface area contributed by atoms with Crippen LogP contribution >= 0.6 is 0 Å². The van der Waals surface area contributed by atoms with E-state index < -0.39 is 16.0 Å². The maximum atomic E-state index is 11.2. The first-order valence-electron chi connectivity index (χ1n) is 5.88. The Labute approximate surface area is 117 Å². The molecule has 0 heterocycles. The van der Waals surface area contributed by atoms with Crippen molar-refractivity contribution in [3.8, 4) is 0 Å². The molecule has 0 saturated carbocycles. The quantitative estimate of drug-likeness (QED) is 0.683. The molecule has 1 unspecified atom stereocenters. The van der Waals surface area contributed by atoms with Gasteiger partial charge >= 0.3 is 5.97 Å². The van der Waals surface area contributed by atoms with Crippen molar-refractivity contribution >= 4 is 21.7 Å². The van der Waals surface area contributed by atoms with Crippen LogP contribution in [0.15, 0.2) is 23.1 Å². The average molecular weight is 302 g/mol. The number of nitrogens with two attached hydrogens (primary N) is 1. The molecule has 0 aliphatic carbocycles. The van der Waals surface area contributed by atoms with Crippen LogP contribution in [0.5, 0.6) is 0 Å². The molecule has 0 aromatic heterocycles. The Balaban J connectivity index is 3.00. The minimum Gasteiger partial charge on any atom is -0.478 e. The number of benzene rings is 1. The van der Waals surface area contributed by atoms with Gasteiger partial charge in [0.05, 0.1) is 17.1 Å². The van der Waals surface area contributed by atoms with Crippen molar-refractivity contribution < 1.29 is 23.1 Å². The molecule has 0 fully saturated rings. The summed E-state index contributed by atoms with van der Waals surface area (Å²) in [5.74, 6) is -1.04. The number of ether oxygens (including phenoxy) is 1. The van der Waals surface area contributed by atoms with Gasteiger partial charge in [-0.3, -0.25) is 0 Å². The summed E-state index contributed by atoms with van der Waals surface area (Å²) in [5, 5.41) is 17.1. The molecule has 0 radical (unpaired) electrons. The van der Waals surface area contributed by atoms with E-state index in [1.165, 1.54) is 12.1 Å². The Morgan fingerprint density at radius 1 is 1.50 bits per heavy atom. The summed E-state index contributed by atoms with van der Waals surface area (Å²) < 4.78 is 27.4. The molecule has 20 heavy (non-hydrogen) atoms. The number of hydrogen-bond donors (Lipinski definition) is 3. The Bertz CT molecular complexity index is 586. The molecule has 8 heteroatoms. The van der Waals surface area contributed by atoms with E-state index in [4.69, 9.17) is 15.0 Å². The fraction of sp³-hybridized carbons (Fsp3) is 0.417. The smallest absolute Gasteiger partial charge is 0.337 e. The van der Waals surface area contributed by atoms with Crippen LogP contribution in [-0.4, -0.2) is 39.8 Å². The maximum Gasteiger partial charge on any atom is 0.337 e. The van der Waals surface area contributed by atoms with Gasteiger partial charge in [-0.2, -0.15) is 0 Å². The highest BCUT2D eigenvalue weighted by molar-refractivity contribution is 7.89. The van der Waals surface area contributed by atoms with Crippen molar-refractivity contribution in [3.05, 3.63) is 23.8 Å². The molecule has 1 rings (SSSR count). The van der Waals surface area contributed by atoms with Crippen LogP contribution < -0.4 is 10.5 Å². The predicted octanol–water partition coefficient (Wildman–Crippen LogP) is 0.727. The maximum absolute atomic E-state index is 11.2. The van der Waals surface area contributed by atoms with Crippen molar-refractivity contribution in [2.45, 2.75) is 11.8 Å². The molecule has 112 valence electrons. The van der Waals surface area contributed by atoms with Crippen LogP contribution in [0.4, 0.5) is 5.69 Å². The number of carboxylic acids is 1. The number of primary sulfonamides is 1. The molecule has 0 bridgehead atoms. The highest BCUT2D eigenvalue weighted by Gasteiger charge is 2.16. The van der Waals surface area contributed by atoms with Gasteiger partial charge in [0.15, 0.2) is 0 Å². The van der Waals surface area contributed by atoms with Gasteiger partial charge < -0.3 is 15.2 Å². The van der Waals surface area contributed by atoms with E-state index in [1.54, 1.807) is 7.11 Å². The molecule has 0 aliphatic heterocycles. The van der Waals surface area contributed by atoms with Crippen molar-refractivity contribution in [2.24, 2.45) is 11.1 Å². The van der Waals surface area contributed by atoms with E-state index in [9.17, 15) is 13.2 Å². The van der Waals surface area contributed by atoms with Crippen molar-refractivity contribution in [2.75, 3.05) is 25.6 Å². The monoisotopic (exact) mass is 302 g/mol. The van der Waals surface area contributed by atoms with Gasteiger partial charge in [0.2, 0.25) is 10.0 Å². The molecule has 0 amide bonds. The molecule has 1 aromatic rings. The number of aromatic carboxylic acids is 1. The fourth-order valence-corrected chi connectivity index (χ4v) is 2.20. The zero-order valence-electron chi connectivity index (χ0n) is 11.3. The first-order valence-corrected chi connectivity index (χ1v) is 7.43. The highest BCUT2D eigenvalue weighted by atomic mass is 32.2. The Kier molecular flexibility index (Phi) is 5.49. The third-order valence-corrected chi connectivity index (χ3v) is 3.55. The summed E-state index contributed by atoms with van der Waals surface area (Å²) in [6.07, 6.45) is 0. The SMILES string of the molecule is COCC(C)CNc1ccc(S(N)(=O)=O)cc1C(=O)O. The third kappa shape index (κ3) is 4.48. The molecule has 1 atom stereocenters. The van der Waals surface area contributed by atoms with Gasteiger partial charge in [-0.1, -0.05) is 6.92 Å². The zero-order chi connectivity index (χ0) is 15.3. The summed E-state index contributed by atoms with van der Waals surface area (Å²) in [7, 11) is -2.34. The van der Waals surface area contributed by atoms with E-state index in [1.807, 2.05) is 6.92 Å². The molecule has 4 N–H and O–H groups in total. The van der Waals surface area contributed by atoms with Gasteiger partial charge in [0, 0.05) is 19.3 Å². The summed E-state index contributed by atoms with van der Waals surface area (Å²) in [6.45, 7) is 2.98. The molecule has 0 saturated heterocycles. The topological polar surface area (TPSA) is 119 Å². The van der Waals surface area contributed by atoms with Crippen LogP contribution in [0, 0.1) is 5.92 Å². The summed E-state index contributed by atoms with van der Waals surface area (Å²) >= 11 is 0. The highest BCUT2D eigenvalue weighted by Crippen LogP contribution is 2.20. The Morgan fingerprint density at radius 3 is 2.65 bits per heavy atom. The average Bonchev–Trinajstić information content (AvgIpc) is 2.35. The molecular weight excluding hydrogens is 284 g/mol. The first kappa shape index (κ1) is 16.4. The molecule has 1 aromatic carbocycles. The minimum atomic E-state index is -3.93. The third-order valence-electron chi connectivity index (χ3n) is 2.64. The number of carboxylic acid groups (broad SMARTS) is 1. The summed E-state index contributed by atoms with van der Waals surface area (Å²) in [6, 6.07) is 3.70. The second kappa shape index (κ2) is 6.69. The van der Waals surface area contributed by atoms with E-state index in [0.717, 1.165) is 6.07 Å². The van der Waals surface area contributed by atoms with Crippen molar-refractivity contribution in [1.29, 1.82) is 0 Å². The second-order valence-corrected chi connectivity index (χ2v) is 6.06. The lowest BCUT2D eigenvalue weighted by atomic mass is 10.1. The molecule has 0 aliphatic rings. The van der Waals surface area contributed by atoms with Crippen molar-refractivity contribution in [3.63, 3.8) is 0 Å². The summed E-state index contributed by atoms with van der Waals surface area (Å²) in [5.41, 5.74) is 0.203. The molecule has 7 nitrogen and oxygen atoms in total. The van der Waals surface area contributed by atoms with Gasteiger partial charge in [-0.05, 0) is 24.1 Å². The van der Waals surface area contributed by atoms with Gasteiger partial charge in [0.1, 0.15) is 0 Å². The number of rotatable bonds is 7. The number of hydrogen-bond acceptors (Lipinski definition) is 5. The first-order chi connectivity index (χ1) is 9.25. The van der Waals surface area contributed by atoms with Crippen LogP contribution in [0.3, 0.4) is 0 Å². The van der Waals surface area contributed by atoms with Crippen molar-refractivity contribution in [1.82, 2.24) is 0 Å². The standard InChI is InChI=1S/C12H18N2O5S/c1-8(7-19-2)6-14-11-4-3-9(20(13,17)18)5-10(11)12(15)16/h3-5,8,14H,6-7H2,1-2H3,(H,15,16)(H2,13,17,18). The number of sulfonamides is 1. The zero-order valence-corrected chi connectivity index (χ0v) is 12.1.